The molecule has 0 bridgehead atoms. The van der Waals surface area contributed by atoms with Crippen LogP contribution in [0.25, 0.3) is 0 Å². The van der Waals surface area contributed by atoms with Crippen LogP contribution in [0.1, 0.15) is 10.4 Å². The summed E-state index contributed by atoms with van der Waals surface area (Å²) in [6.45, 7) is 0. The number of nitro benzene ring substituents is 1. The second kappa shape index (κ2) is 6.02. The Kier molecular flexibility index (Phi) is 4.36. The lowest BCUT2D eigenvalue weighted by Gasteiger charge is -2.10. The maximum absolute atomic E-state index is 11.0. The van der Waals surface area contributed by atoms with Gasteiger partial charge in [0.15, 0.2) is 6.29 Å². The first-order valence-corrected chi connectivity index (χ1v) is 6.55. The molecular weight excluding hydrogens is 350 g/mol. The zero-order valence-electron chi connectivity index (χ0n) is 9.88. The molecule has 0 radical (unpaired) electrons. The van der Waals surface area contributed by atoms with Crippen molar-refractivity contribution in [1.29, 1.82) is 0 Å². The van der Waals surface area contributed by atoms with Gasteiger partial charge in [-0.2, -0.15) is 0 Å². The number of halogens is 2. The summed E-state index contributed by atoms with van der Waals surface area (Å²) >= 11 is 9.03. The molecule has 0 aliphatic heterocycles. The Bertz CT molecular complexity index is 690. The van der Waals surface area contributed by atoms with Crippen molar-refractivity contribution in [2.75, 3.05) is 0 Å². The molecule has 0 fully saturated rings. The number of carbonyl (C=O) groups excluding carboxylic acids is 1. The van der Waals surface area contributed by atoms with Gasteiger partial charge in [0.1, 0.15) is 5.75 Å². The van der Waals surface area contributed by atoms with Gasteiger partial charge in [-0.15, -0.1) is 0 Å². The molecule has 2 aromatic rings. The van der Waals surface area contributed by atoms with E-state index < -0.39 is 4.92 Å². The van der Waals surface area contributed by atoms with Gasteiger partial charge < -0.3 is 4.74 Å². The first-order valence-electron chi connectivity index (χ1n) is 5.38. The summed E-state index contributed by atoms with van der Waals surface area (Å²) in [5, 5.41) is 11.4. The fourth-order valence-corrected chi connectivity index (χ4v) is 2.14. The zero-order valence-corrected chi connectivity index (χ0v) is 12.2. The van der Waals surface area contributed by atoms with Crippen LogP contribution in [0.15, 0.2) is 40.9 Å². The lowest BCUT2D eigenvalue weighted by atomic mass is 10.2. The molecule has 0 amide bonds. The minimum Gasteiger partial charge on any atom is -0.448 e. The van der Waals surface area contributed by atoms with Crippen molar-refractivity contribution in [2.45, 2.75) is 0 Å². The number of benzene rings is 2. The molecule has 0 spiro atoms. The molecule has 102 valence electrons. The number of hydrogen-bond donors (Lipinski definition) is 0. The van der Waals surface area contributed by atoms with Crippen LogP contribution in [0.3, 0.4) is 0 Å². The molecule has 0 saturated carbocycles. The van der Waals surface area contributed by atoms with Crippen molar-refractivity contribution < 1.29 is 14.5 Å². The molecule has 0 N–H and O–H groups in total. The Balaban J connectivity index is 2.52. The van der Waals surface area contributed by atoms with Crippen molar-refractivity contribution in [2.24, 2.45) is 0 Å². The van der Waals surface area contributed by atoms with Gasteiger partial charge in [0.2, 0.25) is 5.75 Å². The molecule has 0 saturated heterocycles. The standard InChI is InChI=1S/C13H7BrClNO4/c14-10-2-1-3-11(16(18)19)13(10)20-12-6-9(15)5-4-8(12)7-17/h1-7H. The second-order valence-corrected chi connectivity index (χ2v) is 5.04. The Labute approximate surface area is 127 Å². The van der Waals surface area contributed by atoms with Crippen molar-refractivity contribution in [1.82, 2.24) is 0 Å². The number of nitrogens with zero attached hydrogens (tertiary/aromatic N) is 1. The third-order valence-electron chi connectivity index (χ3n) is 2.46. The van der Waals surface area contributed by atoms with E-state index in [1.165, 1.54) is 30.3 Å². The molecule has 2 rings (SSSR count). The summed E-state index contributed by atoms with van der Waals surface area (Å²) < 4.78 is 5.91. The first kappa shape index (κ1) is 14.5. The summed E-state index contributed by atoms with van der Waals surface area (Å²) in [6.07, 6.45) is 0.592. The van der Waals surface area contributed by atoms with Crippen LogP contribution in [0.2, 0.25) is 5.02 Å². The van der Waals surface area contributed by atoms with Gasteiger partial charge in [0, 0.05) is 17.2 Å². The molecule has 0 unspecified atom stereocenters. The minimum absolute atomic E-state index is 0.0165. The predicted molar refractivity (Wildman–Crippen MR) is 77.7 cm³/mol. The van der Waals surface area contributed by atoms with Gasteiger partial charge in [-0.3, -0.25) is 14.9 Å². The highest BCUT2D eigenvalue weighted by atomic mass is 79.9. The van der Waals surface area contributed by atoms with Crippen LogP contribution >= 0.6 is 27.5 Å². The van der Waals surface area contributed by atoms with Gasteiger partial charge in [0.25, 0.3) is 0 Å². The van der Waals surface area contributed by atoms with E-state index in [-0.39, 0.29) is 22.7 Å². The highest BCUT2D eigenvalue weighted by Gasteiger charge is 2.20. The molecule has 0 aliphatic rings. The number of rotatable bonds is 4. The van der Waals surface area contributed by atoms with Crippen molar-refractivity contribution >= 4 is 39.5 Å². The molecule has 0 aromatic heterocycles. The van der Waals surface area contributed by atoms with E-state index in [9.17, 15) is 14.9 Å². The van der Waals surface area contributed by atoms with E-state index in [4.69, 9.17) is 16.3 Å². The highest BCUT2D eigenvalue weighted by Crippen LogP contribution is 2.39. The van der Waals surface area contributed by atoms with Gasteiger partial charge in [-0.1, -0.05) is 17.7 Å². The molecule has 7 heteroatoms. The summed E-state index contributed by atoms with van der Waals surface area (Å²) in [4.78, 5) is 21.4. The highest BCUT2D eigenvalue weighted by molar-refractivity contribution is 9.10. The Morgan fingerprint density at radius 3 is 2.70 bits per heavy atom. The second-order valence-electron chi connectivity index (χ2n) is 3.75. The van der Waals surface area contributed by atoms with Crippen LogP contribution < -0.4 is 4.74 Å². The van der Waals surface area contributed by atoms with Crippen LogP contribution in [0, 0.1) is 10.1 Å². The van der Waals surface area contributed by atoms with E-state index in [0.29, 0.717) is 15.8 Å². The number of hydrogen-bond acceptors (Lipinski definition) is 4. The van der Waals surface area contributed by atoms with E-state index in [1.807, 2.05) is 0 Å². The Morgan fingerprint density at radius 1 is 1.30 bits per heavy atom. The SMILES string of the molecule is O=Cc1ccc(Cl)cc1Oc1c(Br)cccc1[N+](=O)[O-]. The zero-order chi connectivity index (χ0) is 14.7. The monoisotopic (exact) mass is 355 g/mol. The van der Waals surface area contributed by atoms with Crippen LogP contribution in [-0.2, 0) is 0 Å². The predicted octanol–water partition coefficient (Wildman–Crippen LogP) is 4.62. The number of nitro groups is 1. The molecular formula is C13H7BrClNO4. The lowest BCUT2D eigenvalue weighted by Crippen LogP contribution is -1.96. The molecule has 0 atom stereocenters. The van der Waals surface area contributed by atoms with Crippen LogP contribution in [0.4, 0.5) is 5.69 Å². The average molecular weight is 357 g/mol. The van der Waals surface area contributed by atoms with E-state index >= 15 is 0 Å². The number of para-hydroxylation sites is 1. The maximum atomic E-state index is 11.0. The quantitative estimate of drug-likeness (QED) is 0.455. The summed E-state index contributed by atoms with van der Waals surface area (Å²) in [5.74, 6) is 0.172. The van der Waals surface area contributed by atoms with E-state index in [1.54, 1.807) is 6.07 Å². The molecule has 0 heterocycles. The fourth-order valence-electron chi connectivity index (χ4n) is 1.55. The van der Waals surface area contributed by atoms with E-state index in [0.717, 1.165) is 0 Å². The van der Waals surface area contributed by atoms with Gasteiger partial charge in [-0.05, 0) is 34.1 Å². The average Bonchev–Trinajstić information content (AvgIpc) is 2.41. The lowest BCUT2D eigenvalue weighted by molar-refractivity contribution is -0.385. The third-order valence-corrected chi connectivity index (χ3v) is 3.32. The van der Waals surface area contributed by atoms with Gasteiger partial charge in [0.05, 0.1) is 15.0 Å². The topological polar surface area (TPSA) is 69.4 Å². The minimum atomic E-state index is -0.564. The van der Waals surface area contributed by atoms with Crippen LogP contribution in [-0.4, -0.2) is 11.2 Å². The normalized spacial score (nSPS) is 10.1. The molecule has 2 aromatic carbocycles. The largest absolute Gasteiger partial charge is 0.448 e. The van der Waals surface area contributed by atoms with Crippen LogP contribution in [0.5, 0.6) is 11.5 Å². The first-order chi connectivity index (χ1) is 9.52. The Morgan fingerprint density at radius 2 is 2.05 bits per heavy atom. The third kappa shape index (κ3) is 2.97. The smallest absolute Gasteiger partial charge is 0.312 e. The van der Waals surface area contributed by atoms with Crippen molar-refractivity contribution in [3.8, 4) is 11.5 Å². The van der Waals surface area contributed by atoms with Gasteiger partial charge >= 0.3 is 5.69 Å². The van der Waals surface area contributed by atoms with E-state index in [2.05, 4.69) is 15.9 Å². The van der Waals surface area contributed by atoms with Crippen molar-refractivity contribution in [3.05, 3.63) is 61.6 Å². The summed E-state index contributed by atoms with van der Waals surface area (Å²) in [6, 6.07) is 8.88. The fraction of sp³-hybridized carbons (Fsp3) is 0. The number of aldehydes is 1. The number of carbonyl (C=O) groups is 1. The summed E-state index contributed by atoms with van der Waals surface area (Å²) in [5.41, 5.74) is 0.0376. The van der Waals surface area contributed by atoms with Crippen molar-refractivity contribution in [3.63, 3.8) is 0 Å². The molecule has 20 heavy (non-hydrogen) atoms. The Hall–Kier alpha value is -1.92. The number of ether oxygens (including phenoxy) is 1. The molecule has 0 aliphatic carbocycles. The maximum Gasteiger partial charge on any atom is 0.312 e. The van der Waals surface area contributed by atoms with Gasteiger partial charge in [-0.25, -0.2) is 0 Å². The summed E-state index contributed by atoms with van der Waals surface area (Å²) in [7, 11) is 0. The molecule has 5 nitrogen and oxygen atoms in total.